The molecule has 3 heterocycles. The van der Waals surface area contributed by atoms with Crippen LogP contribution in [0.4, 0.5) is 4.79 Å². The number of carbonyl (C=O) groups is 2. The maximum absolute atomic E-state index is 13.0. The summed E-state index contributed by atoms with van der Waals surface area (Å²) in [7, 11) is 0. The van der Waals surface area contributed by atoms with Crippen LogP contribution in [0, 0.1) is 5.92 Å². The van der Waals surface area contributed by atoms with E-state index >= 15 is 0 Å². The normalized spacial score (nSPS) is 21.7. The van der Waals surface area contributed by atoms with Crippen LogP contribution in [-0.4, -0.2) is 42.7 Å². The highest BCUT2D eigenvalue weighted by Crippen LogP contribution is 2.30. The van der Waals surface area contributed by atoms with Gasteiger partial charge in [0.25, 0.3) is 0 Å². The number of piperidine rings is 3. The van der Waals surface area contributed by atoms with Crippen LogP contribution < -0.4 is 5.32 Å². The van der Waals surface area contributed by atoms with E-state index in [1.807, 2.05) is 72.8 Å². The molecule has 1 N–H and O–H groups in total. The Morgan fingerprint density at radius 1 is 0.886 bits per heavy atom. The molecule has 6 rings (SSSR count). The number of esters is 1. The van der Waals surface area contributed by atoms with Crippen molar-refractivity contribution in [3.8, 4) is 0 Å². The molecule has 3 saturated heterocycles. The molecule has 2 bridgehead atoms. The third-order valence-electron chi connectivity index (χ3n) is 6.92. The standard InChI is InChI=1S/C29H30N2O4/c32-28(34-20-21-8-3-1-4-9-21)25-13-7-12-24(18-25)27(23-10-5-2-6-11-23)30-29(33)35-26-19-31-16-14-22(26)15-17-31/h1-13,18,22,26-27H,14-17,19-20H2,(H,30,33)/t26-,27?/m0/s1. The first-order chi connectivity index (χ1) is 17.2. The number of alkyl carbamates (subject to hydrolysis) is 1. The molecule has 3 fully saturated rings. The minimum atomic E-state index is -0.452. The first-order valence-corrected chi connectivity index (χ1v) is 12.2. The highest BCUT2D eigenvalue weighted by atomic mass is 16.6. The van der Waals surface area contributed by atoms with E-state index in [0.29, 0.717) is 11.5 Å². The van der Waals surface area contributed by atoms with Crippen LogP contribution in [0.25, 0.3) is 0 Å². The smallest absolute Gasteiger partial charge is 0.408 e. The molecule has 35 heavy (non-hydrogen) atoms. The Kier molecular flexibility index (Phi) is 7.09. The minimum Gasteiger partial charge on any atom is -0.457 e. The molecule has 3 aliphatic rings. The number of ether oxygens (including phenoxy) is 2. The lowest BCUT2D eigenvalue weighted by Crippen LogP contribution is -2.52. The number of amides is 1. The molecule has 3 aliphatic heterocycles. The van der Waals surface area contributed by atoms with Gasteiger partial charge in [-0.25, -0.2) is 9.59 Å². The van der Waals surface area contributed by atoms with Crippen molar-refractivity contribution in [2.45, 2.75) is 31.6 Å². The molecule has 0 aliphatic carbocycles. The number of benzene rings is 3. The van der Waals surface area contributed by atoms with E-state index in [-0.39, 0.29) is 12.7 Å². The second kappa shape index (κ2) is 10.7. The third kappa shape index (κ3) is 5.72. The zero-order valence-corrected chi connectivity index (χ0v) is 19.6. The molecule has 1 amide bonds. The van der Waals surface area contributed by atoms with E-state index < -0.39 is 18.1 Å². The lowest BCUT2D eigenvalue weighted by atomic mass is 9.86. The van der Waals surface area contributed by atoms with Gasteiger partial charge in [-0.2, -0.15) is 0 Å². The van der Waals surface area contributed by atoms with E-state index in [4.69, 9.17) is 9.47 Å². The molecule has 6 heteroatoms. The number of hydrogen-bond donors (Lipinski definition) is 1. The van der Waals surface area contributed by atoms with Gasteiger partial charge < -0.3 is 14.8 Å². The number of rotatable bonds is 7. The van der Waals surface area contributed by atoms with Gasteiger partial charge in [0.1, 0.15) is 12.7 Å². The van der Waals surface area contributed by atoms with Crippen LogP contribution in [0.2, 0.25) is 0 Å². The van der Waals surface area contributed by atoms with Gasteiger partial charge in [0.05, 0.1) is 11.6 Å². The van der Waals surface area contributed by atoms with E-state index in [1.165, 1.54) is 0 Å². The van der Waals surface area contributed by atoms with Crippen molar-refractivity contribution >= 4 is 12.1 Å². The van der Waals surface area contributed by atoms with Gasteiger partial charge in [-0.15, -0.1) is 0 Å². The summed E-state index contributed by atoms with van der Waals surface area (Å²) in [6.45, 7) is 3.19. The van der Waals surface area contributed by atoms with Crippen LogP contribution in [0.15, 0.2) is 84.9 Å². The van der Waals surface area contributed by atoms with Crippen molar-refractivity contribution in [1.82, 2.24) is 10.2 Å². The Labute approximate surface area is 205 Å². The molecule has 3 aromatic carbocycles. The predicted octanol–water partition coefficient (Wildman–Crippen LogP) is 4.95. The average Bonchev–Trinajstić information content (AvgIpc) is 2.92. The van der Waals surface area contributed by atoms with Gasteiger partial charge in [0.2, 0.25) is 0 Å². The van der Waals surface area contributed by atoms with Crippen molar-refractivity contribution < 1.29 is 19.1 Å². The van der Waals surface area contributed by atoms with Crippen LogP contribution in [0.5, 0.6) is 0 Å². The predicted molar refractivity (Wildman–Crippen MR) is 133 cm³/mol. The molecule has 0 spiro atoms. The molecular weight excluding hydrogens is 440 g/mol. The van der Waals surface area contributed by atoms with E-state index in [9.17, 15) is 9.59 Å². The van der Waals surface area contributed by atoms with E-state index in [0.717, 1.165) is 49.2 Å². The maximum Gasteiger partial charge on any atom is 0.408 e. The highest BCUT2D eigenvalue weighted by Gasteiger charge is 2.36. The Bertz CT molecular complexity index is 1140. The Balaban J connectivity index is 1.31. The zero-order valence-electron chi connectivity index (χ0n) is 19.6. The average molecular weight is 471 g/mol. The molecule has 1 unspecified atom stereocenters. The maximum atomic E-state index is 13.0. The Morgan fingerprint density at radius 2 is 1.57 bits per heavy atom. The lowest BCUT2D eigenvalue weighted by molar-refractivity contribution is -0.0336. The molecule has 3 aromatic rings. The molecule has 6 nitrogen and oxygen atoms in total. The second-order valence-corrected chi connectivity index (χ2v) is 9.26. The Morgan fingerprint density at radius 3 is 2.26 bits per heavy atom. The van der Waals surface area contributed by atoms with Crippen LogP contribution in [-0.2, 0) is 16.1 Å². The van der Waals surface area contributed by atoms with Gasteiger partial charge >= 0.3 is 12.1 Å². The monoisotopic (exact) mass is 470 g/mol. The van der Waals surface area contributed by atoms with E-state index in [1.54, 1.807) is 12.1 Å². The van der Waals surface area contributed by atoms with Crippen molar-refractivity contribution in [2.24, 2.45) is 5.92 Å². The number of fused-ring (bicyclic) bond motifs is 3. The number of carbonyl (C=O) groups excluding carboxylic acids is 2. The summed E-state index contributed by atoms with van der Waals surface area (Å²) in [6, 6.07) is 26.1. The lowest BCUT2D eigenvalue weighted by Gasteiger charge is -2.43. The summed E-state index contributed by atoms with van der Waals surface area (Å²) in [5.41, 5.74) is 3.06. The third-order valence-corrected chi connectivity index (χ3v) is 6.92. The second-order valence-electron chi connectivity index (χ2n) is 9.26. The van der Waals surface area contributed by atoms with Crippen molar-refractivity contribution in [3.63, 3.8) is 0 Å². The first-order valence-electron chi connectivity index (χ1n) is 12.2. The summed E-state index contributed by atoms with van der Waals surface area (Å²) >= 11 is 0. The largest absolute Gasteiger partial charge is 0.457 e. The molecule has 0 aromatic heterocycles. The van der Waals surface area contributed by atoms with Gasteiger partial charge in [0, 0.05) is 6.54 Å². The fraction of sp³-hybridized carbons (Fsp3) is 0.310. The van der Waals surface area contributed by atoms with E-state index in [2.05, 4.69) is 10.2 Å². The molecular formula is C29H30N2O4. The summed E-state index contributed by atoms with van der Waals surface area (Å²) in [5.74, 6) is 0.0287. The first kappa shape index (κ1) is 23.1. The van der Waals surface area contributed by atoms with Gasteiger partial charge in [-0.1, -0.05) is 72.8 Å². The quantitative estimate of drug-likeness (QED) is 0.495. The number of hydrogen-bond acceptors (Lipinski definition) is 5. The van der Waals surface area contributed by atoms with Gasteiger partial charge in [-0.3, -0.25) is 4.90 Å². The van der Waals surface area contributed by atoms with Gasteiger partial charge in [0.15, 0.2) is 0 Å². The van der Waals surface area contributed by atoms with Crippen molar-refractivity contribution in [1.29, 1.82) is 0 Å². The van der Waals surface area contributed by atoms with Crippen LogP contribution in [0.1, 0.15) is 45.9 Å². The van der Waals surface area contributed by atoms with Crippen LogP contribution >= 0.6 is 0 Å². The molecule has 0 radical (unpaired) electrons. The summed E-state index contributed by atoms with van der Waals surface area (Å²) < 4.78 is 11.4. The zero-order chi connectivity index (χ0) is 24.0. The summed E-state index contributed by atoms with van der Waals surface area (Å²) in [6.07, 6.45) is 1.64. The number of nitrogens with one attached hydrogen (secondary N) is 1. The fourth-order valence-electron chi connectivity index (χ4n) is 4.99. The fourth-order valence-corrected chi connectivity index (χ4v) is 4.99. The summed E-state index contributed by atoms with van der Waals surface area (Å²) in [5, 5.41) is 3.05. The van der Waals surface area contributed by atoms with Crippen molar-refractivity contribution in [2.75, 3.05) is 19.6 Å². The van der Waals surface area contributed by atoms with Crippen LogP contribution in [0.3, 0.4) is 0 Å². The minimum absolute atomic E-state index is 0.0757. The topological polar surface area (TPSA) is 67.9 Å². The van der Waals surface area contributed by atoms with Crippen molar-refractivity contribution in [3.05, 3.63) is 107 Å². The Hall–Kier alpha value is -3.64. The molecule has 180 valence electrons. The number of nitrogens with zero attached hydrogens (tertiary/aromatic N) is 1. The summed E-state index contributed by atoms with van der Waals surface area (Å²) in [4.78, 5) is 28.1. The highest BCUT2D eigenvalue weighted by molar-refractivity contribution is 5.89. The molecule has 2 atom stereocenters. The molecule has 0 saturated carbocycles. The van der Waals surface area contributed by atoms with Gasteiger partial charge in [-0.05, 0) is 60.7 Å². The SMILES string of the molecule is O=C(NC(c1ccccc1)c1cccc(C(=O)OCc2ccccc2)c1)O[C@H]1CN2CCC1CC2.